The summed E-state index contributed by atoms with van der Waals surface area (Å²) in [7, 11) is 0. The minimum Gasteiger partial charge on any atom is -0.357 e. The Kier molecular flexibility index (Phi) is 8.69. The largest absolute Gasteiger partial charge is 0.357 e. The van der Waals surface area contributed by atoms with Gasteiger partial charge in [-0.25, -0.2) is 0 Å². The molecule has 2 aromatic heterocycles. The summed E-state index contributed by atoms with van der Waals surface area (Å²) in [6.45, 7) is 8.71. The highest BCUT2D eigenvalue weighted by Gasteiger charge is 2.04. The predicted molar refractivity (Wildman–Crippen MR) is 126 cm³/mol. The SMILES string of the molecule is CCNC(=NCCc1nnc2ccccn12)NCCc1cc(C)cc(C)c1.I. The normalized spacial score (nSPS) is 11.3. The molecule has 6 nitrogen and oxygen atoms in total. The third kappa shape index (κ3) is 6.19. The molecule has 0 saturated carbocycles. The quantitative estimate of drug-likeness (QED) is 0.302. The molecule has 3 aromatic rings. The van der Waals surface area contributed by atoms with E-state index in [1.807, 2.05) is 28.8 Å². The van der Waals surface area contributed by atoms with Gasteiger partial charge in [0.25, 0.3) is 0 Å². The highest BCUT2D eigenvalue weighted by molar-refractivity contribution is 14.0. The summed E-state index contributed by atoms with van der Waals surface area (Å²) in [6.07, 6.45) is 3.71. The molecule has 0 amide bonds. The topological polar surface area (TPSA) is 66.6 Å². The van der Waals surface area contributed by atoms with Gasteiger partial charge in [0.1, 0.15) is 5.82 Å². The predicted octanol–water partition coefficient (Wildman–Crippen LogP) is 3.30. The second-order valence-corrected chi connectivity index (χ2v) is 6.73. The molecule has 28 heavy (non-hydrogen) atoms. The zero-order valence-corrected chi connectivity index (χ0v) is 19.1. The zero-order valence-electron chi connectivity index (χ0n) is 16.8. The Hall–Kier alpha value is -2.16. The van der Waals surface area contributed by atoms with Crippen LogP contribution in [0.25, 0.3) is 5.65 Å². The van der Waals surface area contributed by atoms with Gasteiger partial charge >= 0.3 is 0 Å². The second-order valence-electron chi connectivity index (χ2n) is 6.73. The van der Waals surface area contributed by atoms with Crippen molar-refractivity contribution in [3.63, 3.8) is 0 Å². The van der Waals surface area contributed by atoms with Crippen molar-refractivity contribution in [1.82, 2.24) is 25.2 Å². The van der Waals surface area contributed by atoms with E-state index < -0.39 is 0 Å². The van der Waals surface area contributed by atoms with Crippen molar-refractivity contribution in [2.75, 3.05) is 19.6 Å². The van der Waals surface area contributed by atoms with Crippen molar-refractivity contribution < 1.29 is 0 Å². The van der Waals surface area contributed by atoms with Gasteiger partial charge in [-0.1, -0.05) is 35.4 Å². The molecule has 0 aliphatic heterocycles. The summed E-state index contributed by atoms with van der Waals surface area (Å²) in [5, 5.41) is 15.2. The first-order valence-electron chi connectivity index (χ1n) is 9.53. The molecule has 0 fully saturated rings. The number of aliphatic imine (C=N–C) groups is 1. The molecule has 150 valence electrons. The van der Waals surface area contributed by atoms with E-state index >= 15 is 0 Å². The van der Waals surface area contributed by atoms with Crippen LogP contribution in [0.4, 0.5) is 0 Å². The summed E-state index contributed by atoms with van der Waals surface area (Å²) < 4.78 is 2.01. The van der Waals surface area contributed by atoms with Gasteiger partial charge in [-0.05, 0) is 44.9 Å². The lowest BCUT2D eigenvalue weighted by Crippen LogP contribution is -2.38. The molecule has 0 spiro atoms. The van der Waals surface area contributed by atoms with Gasteiger partial charge in [-0.15, -0.1) is 34.2 Å². The van der Waals surface area contributed by atoms with Crippen LogP contribution in [0.15, 0.2) is 47.6 Å². The number of aromatic nitrogens is 3. The maximum Gasteiger partial charge on any atom is 0.191 e. The van der Waals surface area contributed by atoms with Crippen LogP contribution in [0.2, 0.25) is 0 Å². The van der Waals surface area contributed by atoms with Crippen molar-refractivity contribution in [3.8, 4) is 0 Å². The Bertz CT molecular complexity index is 898. The molecule has 0 aliphatic rings. The number of fused-ring (bicyclic) bond motifs is 1. The molecule has 0 unspecified atom stereocenters. The van der Waals surface area contributed by atoms with Crippen molar-refractivity contribution in [3.05, 3.63) is 65.1 Å². The van der Waals surface area contributed by atoms with E-state index in [1.54, 1.807) is 0 Å². The highest BCUT2D eigenvalue weighted by atomic mass is 127. The average molecular weight is 492 g/mol. The number of halogens is 1. The van der Waals surface area contributed by atoms with Crippen LogP contribution in [-0.4, -0.2) is 40.2 Å². The van der Waals surface area contributed by atoms with Crippen LogP contribution in [-0.2, 0) is 12.8 Å². The molecule has 0 saturated heterocycles. The number of benzene rings is 1. The van der Waals surface area contributed by atoms with Crippen LogP contribution >= 0.6 is 24.0 Å². The standard InChI is InChI=1S/C21H28N6.HI/c1-4-22-21(23-10-8-18-14-16(2)13-17(3)15-18)24-11-9-20-26-25-19-7-5-6-12-27(19)20;/h5-7,12-15H,4,8-11H2,1-3H3,(H2,22,23,24);1H. The maximum atomic E-state index is 4.67. The third-order valence-corrected chi connectivity index (χ3v) is 4.32. The van der Waals surface area contributed by atoms with Gasteiger partial charge in [-0.3, -0.25) is 9.39 Å². The van der Waals surface area contributed by atoms with Crippen LogP contribution in [0.1, 0.15) is 29.4 Å². The lowest BCUT2D eigenvalue weighted by molar-refractivity contribution is 0.785. The number of aryl methyl sites for hydroxylation is 2. The Balaban J connectivity index is 0.00000280. The van der Waals surface area contributed by atoms with E-state index in [4.69, 9.17) is 0 Å². The molecule has 0 atom stereocenters. The molecule has 0 bridgehead atoms. The van der Waals surface area contributed by atoms with E-state index in [9.17, 15) is 0 Å². The number of hydrogen-bond donors (Lipinski definition) is 2. The summed E-state index contributed by atoms with van der Waals surface area (Å²) >= 11 is 0. The smallest absolute Gasteiger partial charge is 0.191 e. The fourth-order valence-electron chi connectivity index (χ4n) is 3.21. The zero-order chi connectivity index (χ0) is 19.1. The Morgan fingerprint density at radius 2 is 1.82 bits per heavy atom. The number of pyridine rings is 1. The monoisotopic (exact) mass is 492 g/mol. The van der Waals surface area contributed by atoms with E-state index in [2.05, 4.69) is 64.8 Å². The van der Waals surface area contributed by atoms with E-state index in [0.717, 1.165) is 43.4 Å². The first-order chi connectivity index (χ1) is 13.2. The van der Waals surface area contributed by atoms with Crippen LogP contribution < -0.4 is 10.6 Å². The van der Waals surface area contributed by atoms with Gasteiger partial charge in [-0.2, -0.15) is 0 Å². The summed E-state index contributed by atoms with van der Waals surface area (Å²) in [5.74, 6) is 1.77. The molecule has 1 aromatic carbocycles. The van der Waals surface area contributed by atoms with Crippen LogP contribution in [0.3, 0.4) is 0 Å². The number of hydrogen-bond acceptors (Lipinski definition) is 3. The molecular formula is C21H29IN6. The fraction of sp³-hybridized carbons (Fsp3) is 0.381. The van der Waals surface area contributed by atoms with Gasteiger partial charge in [0.15, 0.2) is 11.6 Å². The van der Waals surface area contributed by atoms with Crippen molar-refractivity contribution in [2.45, 2.75) is 33.6 Å². The van der Waals surface area contributed by atoms with E-state index in [0.29, 0.717) is 6.54 Å². The first-order valence-corrected chi connectivity index (χ1v) is 9.53. The molecule has 2 heterocycles. The summed E-state index contributed by atoms with van der Waals surface area (Å²) in [4.78, 5) is 4.67. The maximum absolute atomic E-state index is 4.67. The van der Waals surface area contributed by atoms with Crippen molar-refractivity contribution >= 4 is 35.6 Å². The molecule has 3 rings (SSSR count). The fourth-order valence-corrected chi connectivity index (χ4v) is 3.21. The minimum atomic E-state index is 0. The minimum absolute atomic E-state index is 0. The van der Waals surface area contributed by atoms with Crippen LogP contribution in [0.5, 0.6) is 0 Å². The number of nitrogens with one attached hydrogen (secondary N) is 2. The lowest BCUT2D eigenvalue weighted by atomic mass is 10.1. The van der Waals surface area contributed by atoms with Gasteiger partial charge in [0.05, 0.1) is 0 Å². The number of nitrogens with zero attached hydrogens (tertiary/aromatic N) is 4. The second kappa shape index (κ2) is 11.0. The first kappa shape index (κ1) is 22.1. The molecule has 2 N–H and O–H groups in total. The van der Waals surface area contributed by atoms with Crippen molar-refractivity contribution in [1.29, 1.82) is 0 Å². The van der Waals surface area contributed by atoms with Gasteiger partial charge in [0, 0.05) is 32.3 Å². The van der Waals surface area contributed by atoms with E-state index in [-0.39, 0.29) is 24.0 Å². The van der Waals surface area contributed by atoms with Crippen LogP contribution in [0, 0.1) is 13.8 Å². The Morgan fingerprint density at radius 1 is 1.04 bits per heavy atom. The summed E-state index contributed by atoms with van der Waals surface area (Å²) in [5.41, 5.74) is 4.85. The van der Waals surface area contributed by atoms with Crippen molar-refractivity contribution in [2.24, 2.45) is 4.99 Å². The Morgan fingerprint density at radius 3 is 2.57 bits per heavy atom. The average Bonchev–Trinajstić information content (AvgIpc) is 3.04. The van der Waals surface area contributed by atoms with E-state index in [1.165, 1.54) is 16.7 Å². The van der Waals surface area contributed by atoms with Gasteiger partial charge in [0.2, 0.25) is 0 Å². The Labute approximate surface area is 183 Å². The highest BCUT2D eigenvalue weighted by Crippen LogP contribution is 2.09. The number of rotatable bonds is 7. The van der Waals surface area contributed by atoms with Gasteiger partial charge < -0.3 is 10.6 Å². The molecular weight excluding hydrogens is 463 g/mol. The lowest BCUT2D eigenvalue weighted by Gasteiger charge is -2.12. The number of guanidine groups is 1. The third-order valence-electron chi connectivity index (χ3n) is 4.32. The molecule has 7 heteroatoms. The molecule has 0 aliphatic carbocycles. The summed E-state index contributed by atoms with van der Waals surface area (Å²) in [6, 6.07) is 12.6. The molecule has 0 radical (unpaired) electrons.